The van der Waals surface area contributed by atoms with Crippen molar-refractivity contribution in [3.63, 3.8) is 0 Å². The first-order chi connectivity index (χ1) is 44.7. The summed E-state index contributed by atoms with van der Waals surface area (Å²) >= 11 is 0.593. The van der Waals surface area contributed by atoms with Crippen LogP contribution < -0.4 is 36.0 Å². The highest BCUT2D eigenvalue weighted by molar-refractivity contribution is 7.94. The van der Waals surface area contributed by atoms with Crippen molar-refractivity contribution < 1.29 is 90.9 Å². The maximum Gasteiger partial charge on any atom is 0.323 e. The molecule has 1 fully saturated rings. The van der Waals surface area contributed by atoms with Crippen molar-refractivity contribution in [1.82, 2.24) is 65.3 Å². The fraction of sp³-hybridized carbons (Fsp3) is 0.603. The van der Waals surface area contributed by atoms with E-state index in [1.807, 2.05) is 11.6 Å². The van der Waals surface area contributed by atoms with Gasteiger partial charge in [0.25, 0.3) is 5.91 Å². The van der Waals surface area contributed by atoms with E-state index >= 15 is 0 Å². The van der Waals surface area contributed by atoms with Crippen LogP contribution >= 0.6 is 12.0 Å². The molecule has 1 saturated heterocycles. The number of nitrogens with zero attached hydrogens (tertiary/aromatic N) is 7. The van der Waals surface area contributed by atoms with Crippen molar-refractivity contribution in [1.29, 1.82) is 0 Å². The summed E-state index contributed by atoms with van der Waals surface area (Å²) in [5.74, 6) is -4.37. The molecule has 4 aromatic rings. The summed E-state index contributed by atoms with van der Waals surface area (Å²) in [7, 11) is -4.40. The quantitative estimate of drug-likeness (QED) is 0.0122. The van der Waals surface area contributed by atoms with Gasteiger partial charge in [-0.2, -0.15) is 9.82 Å². The van der Waals surface area contributed by atoms with E-state index in [9.17, 15) is 57.3 Å². The Morgan fingerprint density at radius 1 is 0.699 bits per heavy atom. The largest absolute Gasteiger partial charge is 0.494 e. The van der Waals surface area contributed by atoms with Crippen molar-refractivity contribution in [3.8, 4) is 5.75 Å². The van der Waals surface area contributed by atoms with Crippen LogP contribution in [0.15, 0.2) is 53.8 Å². The molecule has 0 radical (unpaired) electrons. The number of imidazole rings is 1. The molecule has 2 atom stereocenters. The lowest BCUT2D eigenvalue weighted by Gasteiger charge is -2.33. The second-order valence-corrected chi connectivity index (χ2v) is 24.1. The first kappa shape index (κ1) is 76.6. The summed E-state index contributed by atoms with van der Waals surface area (Å²) < 4.78 is 58.3. The van der Waals surface area contributed by atoms with Gasteiger partial charge >= 0.3 is 17.9 Å². The van der Waals surface area contributed by atoms with Gasteiger partial charge in [0.1, 0.15) is 17.8 Å². The van der Waals surface area contributed by atoms with Gasteiger partial charge in [-0.05, 0) is 87.5 Å². The van der Waals surface area contributed by atoms with Crippen molar-refractivity contribution in [3.05, 3.63) is 65.6 Å². The number of amides is 4. The third-order valence-corrected chi connectivity index (χ3v) is 16.9. The molecule has 2 aromatic heterocycles. The molecule has 11 N–H and O–H groups in total. The van der Waals surface area contributed by atoms with Crippen LogP contribution in [0, 0.1) is 13.8 Å². The van der Waals surface area contributed by atoms with Gasteiger partial charge in [0.15, 0.2) is 5.95 Å². The number of hydrogen-bond donors (Lipinski definition) is 11. The Morgan fingerprint density at radius 2 is 1.30 bits per heavy atom. The first-order valence-electron chi connectivity index (χ1n) is 30.7. The number of carbonyl (C=O) groups excluding carboxylic acids is 4. The van der Waals surface area contributed by atoms with Crippen LogP contribution in [0.1, 0.15) is 60.5 Å². The van der Waals surface area contributed by atoms with Gasteiger partial charge in [0.2, 0.25) is 27.7 Å². The number of carbonyl (C=O) groups is 7. The number of nitrogens with one attached hydrogen (secondary N) is 7. The fourth-order valence-corrected chi connectivity index (χ4v) is 11.9. The van der Waals surface area contributed by atoms with Gasteiger partial charge in [-0.15, -0.1) is 4.33 Å². The van der Waals surface area contributed by atoms with E-state index in [-0.39, 0.29) is 67.9 Å². The number of likely N-dealkylation sites (N-methyl/N-ethyl adjacent to an activating group) is 1. The summed E-state index contributed by atoms with van der Waals surface area (Å²) in [5.41, 5.74) is 1.64. The normalized spacial score (nSPS) is 14.8. The number of aliphatic carboxylic acids is 3. The molecule has 93 heavy (non-hydrogen) atoms. The standard InChI is InChI=1S/C58H90N14O19S2/c1-4-68-18-20-70(39-52(75)76)24-22-69(23-25-71(21-19-68)40-53(77)78)38-51(74)66-48(41-92-91-90-83)56(80)60-14-8-27-87-30-32-88-31-29-86-26-7-13-59-50(73)9-5-28-89-46-33-42(2)54(43(3)34-46)93(84,85)67-47(57(81)82)37-64-55(79)44-10-11-49-45(35-44)36-65-72(49)17-6-12-61-58-62-15-16-63-58/h10-11,15-16,33-36,47-48,67,83H,4-9,12-14,17-32,37-41H2,1-3H3,(H,59,73)(H,60,80)(H,64,79)(H,66,74)(H,75,76)(H,77,78)(H,81,82)(H2,61,62,63)/t47-,48+/m0/s1. The number of H-pyrrole nitrogens is 1. The van der Waals surface area contributed by atoms with E-state index in [0.29, 0.717) is 171 Å². The highest BCUT2D eigenvalue weighted by Crippen LogP contribution is 2.26. The number of carboxylic acids is 3. The Kier molecular flexibility index (Phi) is 34.8. The molecule has 2 aromatic carbocycles. The maximum absolute atomic E-state index is 13.6. The van der Waals surface area contributed by atoms with E-state index in [0.717, 1.165) is 11.9 Å². The van der Waals surface area contributed by atoms with Crippen LogP contribution in [0.3, 0.4) is 0 Å². The maximum atomic E-state index is 13.6. The molecule has 0 spiro atoms. The number of hydrogen-bond acceptors (Lipinski definition) is 24. The van der Waals surface area contributed by atoms with Crippen LogP contribution in [-0.2, 0) is 68.9 Å². The van der Waals surface area contributed by atoms with Gasteiger partial charge in [0, 0.05) is 140 Å². The molecule has 518 valence electrons. The number of aromatic amines is 1. The van der Waals surface area contributed by atoms with Gasteiger partial charge < -0.3 is 70.7 Å². The molecule has 0 unspecified atom stereocenters. The number of benzene rings is 2. The topological polar surface area (TPSA) is 422 Å². The molecule has 5 rings (SSSR count). The van der Waals surface area contributed by atoms with E-state index in [1.54, 1.807) is 65.3 Å². The molecular formula is C58H90N14O19S2. The van der Waals surface area contributed by atoms with Crippen LogP contribution in [0.2, 0.25) is 0 Å². The molecule has 35 heteroatoms. The zero-order valence-electron chi connectivity index (χ0n) is 52.8. The Morgan fingerprint density at radius 3 is 1.88 bits per heavy atom. The summed E-state index contributed by atoms with van der Waals surface area (Å²) in [6, 6.07) is 5.19. The molecule has 0 aliphatic carbocycles. The van der Waals surface area contributed by atoms with E-state index in [2.05, 4.69) is 60.6 Å². The van der Waals surface area contributed by atoms with Gasteiger partial charge in [-0.25, -0.2) is 18.7 Å². The third kappa shape index (κ3) is 29.4. The second kappa shape index (κ2) is 42.2. The molecule has 1 aliphatic heterocycles. The zero-order valence-corrected chi connectivity index (χ0v) is 54.5. The zero-order chi connectivity index (χ0) is 67.4. The van der Waals surface area contributed by atoms with Crippen LogP contribution in [0.5, 0.6) is 5.75 Å². The number of anilines is 1. The first-order valence-corrected chi connectivity index (χ1v) is 33.1. The van der Waals surface area contributed by atoms with E-state index in [1.165, 1.54) is 12.1 Å². The number of aromatic nitrogens is 4. The lowest BCUT2D eigenvalue weighted by Crippen LogP contribution is -2.53. The van der Waals surface area contributed by atoms with Crippen molar-refractivity contribution in [2.24, 2.45) is 0 Å². The molecule has 0 bridgehead atoms. The Labute approximate surface area is 544 Å². The summed E-state index contributed by atoms with van der Waals surface area (Å²) in [4.78, 5) is 102. The molecule has 4 amide bonds. The summed E-state index contributed by atoms with van der Waals surface area (Å²) in [6.07, 6.45) is 7.31. The Balaban J connectivity index is 0.892. The highest BCUT2D eigenvalue weighted by Gasteiger charge is 2.30. The minimum atomic E-state index is -4.40. The van der Waals surface area contributed by atoms with Crippen LogP contribution in [0.4, 0.5) is 5.95 Å². The lowest BCUT2D eigenvalue weighted by molar-refractivity contribution is -0.432. The Hall–Kier alpha value is -7.13. The number of ether oxygens (including phenoxy) is 4. The summed E-state index contributed by atoms with van der Waals surface area (Å²) in [5, 5.41) is 60.4. The average Bonchev–Trinajstić information content (AvgIpc) is 1.60. The number of sulfonamides is 1. The van der Waals surface area contributed by atoms with Gasteiger partial charge in [-0.3, -0.25) is 52.9 Å². The minimum Gasteiger partial charge on any atom is -0.494 e. The molecule has 3 heterocycles. The van der Waals surface area contributed by atoms with Crippen molar-refractivity contribution in [2.75, 3.05) is 162 Å². The monoisotopic (exact) mass is 1350 g/mol. The molecule has 0 saturated carbocycles. The predicted octanol–water partition coefficient (Wildman–Crippen LogP) is 0.226. The molecule has 1 aliphatic rings. The second-order valence-electron chi connectivity index (χ2n) is 21.7. The predicted molar refractivity (Wildman–Crippen MR) is 340 cm³/mol. The average molecular weight is 1350 g/mol. The van der Waals surface area contributed by atoms with Gasteiger partial charge in [0.05, 0.1) is 75.0 Å². The fourth-order valence-electron chi connectivity index (χ4n) is 9.80. The minimum absolute atomic E-state index is 0.127. The van der Waals surface area contributed by atoms with E-state index < -0.39 is 64.3 Å². The third-order valence-electron chi connectivity index (χ3n) is 14.5. The van der Waals surface area contributed by atoms with Crippen molar-refractivity contribution >= 4 is 80.5 Å². The number of rotatable bonds is 44. The van der Waals surface area contributed by atoms with Crippen LogP contribution in [0.25, 0.3) is 10.9 Å². The molecular weight excluding hydrogens is 1260 g/mol. The van der Waals surface area contributed by atoms with Crippen molar-refractivity contribution in [2.45, 2.75) is 76.4 Å². The van der Waals surface area contributed by atoms with Gasteiger partial charge in [-0.1, -0.05) is 12.0 Å². The van der Waals surface area contributed by atoms with E-state index in [4.69, 9.17) is 24.2 Å². The highest BCUT2D eigenvalue weighted by atomic mass is 32.2. The lowest BCUT2D eigenvalue weighted by atomic mass is 10.1. The number of carboxylic acid groups (broad SMARTS) is 3. The smallest absolute Gasteiger partial charge is 0.323 e. The molecule has 33 nitrogen and oxygen atoms in total. The SMILES string of the molecule is CCN1CCN(CC(=O)O)CCN(CC(=O)N[C@H](CSOOO)C(=O)NCCCOCCOCCOCCCNC(=O)CCCOc2cc(C)c(S(=O)(=O)N[C@@H](CNC(=O)c3ccc4c(cnn4CCCNc4ncc[nH]4)c3)C(=O)O)c(C)c2)CCN(CC(=O)O)CC1. The Bertz CT molecular complexity index is 3020. The number of aryl methyl sites for hydroxylation is 3. The number of fused-ring (bicyclic) bond motifs is 1. The van der Waals surface area contributed by atoms with Crippen LogP contribution in [-0.4, -0.2) is 279 Å². The summed E-state index contributed by atoms with van der Waals surface area (Å²) in [6.45, 7) is 12.0.